The predicted molar refractivity (Wildman–Crippen MR) is 192 cm³/mol. The Morgan fingerprint density at radius 1 is 0.843 bits per heavy atom. The number of unbranched alkanes of at least 4 members (excludes halogenated alkanes) is 4. The second kappa shape index (κ2) is 21.4. The van der Waals surface area contributed by atoms with Crippen LogP contribution in [0.3, 0.4) is 0 Å². The molecule has 0 saturated carbocycles. The number of amides is 2. The number of hydrogen-bond donors (Lipinski definition) is 3. The minimum atomic E-state index is -1.14. The number of esters is 1. The number of nitrogens with one attached hydrogen (secondary N) is 2. The Morgan fingerprint density at radius 2 is 1.53 bits per heavy atom. The first-order valence-electron chi connectivity index (χ1n) is 16.8. The largest absolute Gasteiger partial charge is 0.497 e. The highest BCUT2D eigenvalue weighted by atomic mass is 19.1. The second-order valence-electron chi connectivity index (χ2n) is 11.6. The molecule has 2 amide bonds. The number of benzene rings is 3. The maximum Gasteiger partial charge on any atom is 0.343 e. The van der Waals surface area contributed by atoms with E-state index in [0.29, 0.717) is 29.2 Å². The molecule has 0 bridgehead atoms. The molecule has 0 radical (unpaired) electrons. The molecule has 3 aromatic rings. The molecule has 1 aliphatic carbocycles. The molecule has 0 saturated heterocycles. The molecule has 11 heteroatoms. The van der Waals surface area contributed by atoms with Gasteiger partial charge in [0.15, 0.2) is 0 Å². The van der Waals surface area contributed by atoms with Gasteiger partial charge in [0.05, 0.1) is 25.7 Å². The van der Waals surface area contributed by atoms with Crippen molar-refractivity contribution in [3.8, 4) is 17.2 Å². The summed E-state index contributed by atoms with van der Waals surface area (Å²) in [5, 5.41) is 13.5. The zero-order valence-electron chi connectivity index (χ0n) is 29.2. The number of carboxylic acids is 1. The van der Waals surface area contributed by atoms with Gasteiger partial charge in [-0.2, -0.15) is 0 Å². The lowest BCUT2D eigenvalue weighted by Crippen LogP contribution is -2.30. The highest BCUT2D eigenvalue weighted by molar-refractivity contribution is 5.97. The van der Waals surface area contributed by atoms with E-state index in [4.69, 9.17) is 19.3 Å². The molecule has 0 atom stereocenters. The number of hydrogen-bond acceptors (Lipinski definition) is 7. The van der Waals surface area contributed by atoms with Crippen molar-refractivity contribution in [2.45, 2.75) is 58.8 Å². The SMILES string of the molecule is CCCCCCCOc1ccc(C(=O)Oc2ccc(C)cc2)cc1.COc1ccc(CC(=O)NC2=CCC=C(C(=O)NCC(=O)O)C=C2)c(F)c1. The lowest BCUT2D eigenvalue weighted by atomic mass is 10.1. The van der Waals surface area contributed by atoms with Gasteiger partial charge in [0.1, 0.15) is 29.6 Å². The summed E-state index contributed by atoms with van der Waals surface area (Å²) in [7, 11) is 1.43. The lowest BCUT2D eigenvalue weighted by Gasteiger charge is -2.08. The van der Waals surface area contributed by atoms with E-state index in [0.717, 1.165) is 24.3 Å². The number of aliphatic carboxylic acids is 1. The number of halogens is 1. The molecule has 10 nitrogen and oxygen atoms in total. The molecule has 3 aromatic carbocycles. The van der Waals surface area contributed by atoms with Crippen LogP contribution < -0.4 is 24.8 Å². The number of methoxy groups -OCH3 is 1. The quantitative estimate of drug-likeness (QED) is 0.0823. The molecule has 0 aliphatic heterocycles. The third-order valence-corrected chi connectivity index (χ3v) is 7.51. The van der Waals surface area contributed by atoms with Gasteiger partial charge in [0, 0.05) is 17.3 Å². The number of ether oxygens (including phenoxy) is 3. The zero-order chi connectivity index (χ0) is 37.0. The highest BCUT2D eigenvalue weighted by Gasteiger charge is 2.13. The molecule has 0 fully saturated rings. The van der Waals surface area contributed by atoms with Crippen LogP contribution in [0.2, 0.25) is 0 Å². The number of rotatable bonds is 16. The van der Waals surface area contributed by atoms with E-state index in [1.54, 1.807) is 42.5 Å². The van der Waals surface area contributed by atoms with E-state index < -0.39 is 30.1 Å². The van der Waals surface area contributed by atoms with Gasteiger partial charge in [-0.05, 0) is 79.9 Å². The van der Waals surface area contributed by atoms with Gasteiger partial charge < -0.3 is 30.0 Å². The standard InChI is InChI=1S/C21H26O3.C19H19FN2O5/c1-3-4-5-6-7-16-23-19-14-10-18(11-15-19)21(22)24-20-12-8-17(2)9-13-20;1-27-15-8-6-13(16(20)10-15)9-17(23)22-14-4-2-3-12(5-7-14)19(26)21-11-18(24)25/h8-15H,3-7,16H2,1-2H3;3-8,10H,2,9,11H2,1H3,(H,21,26)(H,22,23)(H,24,25). The summed E-state index contributed by atoms with van der Waals surface area (Å²) in [4.78, 5) is 46.6. The molecule has 0 heterocycles. The van der Waals surface area contributed by atoms with Crippen molar-refractivity contribution < 1.29 is 42.9 Å². The smallest absolute Gasteiger partial charge is 0.343 e. The van der Waals surface area contributed by atoms with Crippen molar-refractivity contribution in [1.29, 1.82) is 0 Å². The summed E-state index contributed by atoms with van der Waals surface area (Å²) in [5.41, 5.74) is 2.64. The van der Waals surface area contributed by atoms with E-state index in [9.17, 15) is 23.6 Å². The molecular formula is C40H45FN2O8. The first kappa shape index (κ1) is 39.7. The average molecular weight is 701 g/mol. The van der Waals surface area contributed by atoms with Crippen LogP contribution in [0, 0.1) is 12.7 Å². The van der Waals surface area contributed by atoms with Crippen molar-refractivity contribution in [3.05, 3.63) is 125 Å². The fraction of sp³-hybridized carbons (Fsp3) is 0.300. The molecular weight excluding hydrogens is 655 g/mol. The highest BCUT2D eigenvalue weighted by Crippen LogP contribution is 2.18. The van der Waals surface area contributed by atoms with Crippen molar-refractivity contribution in [1.82, 2.24) is 10.6 Å². The number of allylic oxidation sites excluding steroid dienone is 3. The number of carboxylic acid groups (broad SMARTS) is 1. The van der Waals surface area contributed by atoms with E-state index in [-0.39, 0.29) is 23.5 Å². The summed E-state index contributed by atoms with van der Waals surface area (Å²) >= 11 is 0. The van der Waals surface area contributed by atoms with Gasteiger partial charge in [-0.1, -0.05) is 68.5 Å². The van der Waals surface area contributed by atoms with Gasteiger partial charge >= 0.3 is 11.9 Å². The van der Waals surface area contributed by atoms with E-state index in [1.165, 1.54) is 57.1 Å². The average Bonchev–Trinajstić information content (AvgIpc) is 3.36. The summed E-state index contributed by atoms with van der Waals surface area (Å²) in [6, 6.07) is 18.8. The van der Waals surface area contributed by atoms with Crippen LogP contribution >= 0.6 is 0 Å². The maximum atomic E-state index is 13.9. The topological polar surface area (TPSA) is 140 Å². The minimum absolute atomic E-state index is 0.152. The second-order valence-corrected chi connectivity index (χ2v) is 11.6. The Kier molecular flexibility index (Phi) is 16.7. The third-order valence-electron chi connectivity index (χ3n) is 7.51. The minimum Gasteiger partial charge on any atom is -0.497 e. The van der Waals surface area contributed by atoms with Crippen molar-refractivity contribution in [2.24, 2.45) is 0 Å². The van der Waals surface area contributed by atoms with Gasteiger partial charge in [0.25, 0.3) is 5.91 Å². The Balaban J connectivity index is 0.000000277. The number of carbonyl (C=O) groups excluding carboxylic acids is 3. The monoisotopic (exact) mass is 700 g/mol. The van der Waals surface area contributed by atoms with Crippen molar-refractivity contribution in [3.63, 3.8) is 0 Å². The Labute approximate surface area is 298 Å². The maximum absolute atomic E-state index is 13.9. The Bertz CT molecular complexity index is 1710. The predicted octanol–water partition coefficient (Wildman–Crippen LogP) is 7.03. The number of aryl methyl sites for hydroxylation is 1. The van der Waals surface area contributed by atoms with Crippen LogP contribution in [0.1, 0.15) is 66.9 Å². The molecule has 270 valence electrons. The molecule has 0 spiro atoms. The van der Waals surface area contributed by atoms with Crippen LogP contribution in [0.15, 0.2) is 102 Å². The Hall–Kier alpha value is -5.71. The van der Waals surface area contributed by atoms with E-state index in [2.05, 4.69) is 17.6 Å². The van der Waals surface area contributed by atoms with Gasteiger partial charge in [-0.15, -0.1) is 0 Å². The van der Waals surface area contributed by atoms with Crippen LogP contribution in [0.25, 0.3) is 0 Å². The summed E-state index contributed by atoms with van der Waals surface area (Å²) in [6.07, 6.45) is 12.6. The van der Waals surface area contributed by atoms with E-state index >= 15 is 0 Å². The summed E-state index contributed by atoms with van der Waals surface area (Å²) in [5.74, 6) is -1.25. The van der Waals surface area contributed by atoms with Gasteiger partial charge in [0.2, 0.25) is 5.91 Å². The van der Waals surface area contributed by atoms with Crippen LogP contribution in [-0.2, 0) is 20.8 Å². The fourth-order valence-corrected chi connectivity index (χ4v) is 4.68. The normalized spacial score (nSPS) is 11.8. The van der Waals surface area contributed by atoms with Crippen LogP contribution in [-0.4, -0.2) is 49.1 Å². The molecule has 1 aliphatic rings. The van der Waals surface area contributed by atoms with Gasteiger partial charge in [-0.3, -0.25) is 14.4 Å². The molecule has 0 unspecified atom stereocenters. The molecule has 0 aromatic heterocycles. The summed E-state index contributed by atoms with van der Waals surface area (Å²) < 4.78 is 29.9. The lowest BCUT2D eigenvalue weighted by molar-refractivity contribution is -0.137. The first-order chi connectivity index (χ1) is 24.6. The Morgan fingerprint density at radius 3 is 2.20 bits per heavy atom. The van der Waals surface area contributed by atoms with Crippen LogP contribution in [0.4, 0.5) is 4.39 Å². The van der Waals surface area contributed by atoms with Crippen molar-refractivity contribution >= 4 is 23.8 Å². The third kappa shape index (κ3) is 14.7. The zero-order valence-corrected chi connectivity index (χ0v) is 29.2. The summed E-state index contributed by atoms with van der Waals surface area (Å²) in [6.45, 7) is 4.45. The molecule has 51 heavy (non-hydrogen) atoms. The molecule has 4 rings (SSSR count). The van der Waals surface area contributed by atoms with Crippen LogP contribution in [0.5, 0.6) is 17.2 Å². The molecule has 3 N–H and O–H groups in total. The van der Waals surface area contributed by atoms with E-state index in [1.807, 2.05) is 31.2 Å². The first-order valence-corrected chi connectivity index (χ1v) is 16.8. The number of carbonyl (C=O) groups is 4. The van der Waals surface area contributed by atoms with Gasteiger partial charge in [-0.25, -0.2) is 9.18 Å². The van der Waals surface area contributed by atoms with Crippen molar-refractivity contribution in [2.75, 3.05) is 20.3 Å². The fourth-order valence-electron chi connectivity index (χ4n) is 4.68.